The number of benzene rings is 4. The van der Waals surface area contributed by atoms with E-state index in [2.05, 4.69) is 106 Å². The Morgan fingerprint density at radius 1 is 0.733 bits per heavy atom. The standard InChI is InChI=1S/C41H35N3O/c1-40(2,3)30-23-24-42-38(26-30)44-35-14-10-9-13-32(35)41(4,5)33-20-17-29(25-36(33)44)34-21-19-31-28(18-22-37(45)39(31)43-34)16-15-27-11-7-6-8-12-27/h6-14,17-26,45H,1-5H3. The van der Waals surface area contributed by atoms with Crippen LogP contribution in [0.5, 0.6) is 5.75 Å². The number of fused-ring (bicyclic) bond motifs is 3. The van der Waals surface area contributed by atoms with Crippen molar-refractivity contribution >= 4 is 28.1 Å². The van der Waals surface area contributed by atoms with E-state index in [1.54, 1.807) is 6.07 Å². The van der Waals surface area contributed by atoms with Crippen LogP contribution in [-0.4, -0.2) is 15.1 Å². The van der Waals surface area contributed by atoms with E-state index in [-0.39, 0.29) is 16.6 Å². The first-order valence-electron chi connectivity index (χ1n) is 15.3. The number of rotatable bonds is 2. The van der Waals surface area contributed by atoms with Gasteiger partial charge in [0.2, 0.25) is 0 Å². The molecule has 220 valence electrons. The molecule has 4 aromatic carbocycles. The van der Waals surface area contributed by atoms with Crippen LogP contribution >= 0.6 is 0 Å². The quantitative estimate of drug-likeness (QED) is 0.206. The van der Waals surface area contributed by atoms with Gasteiger partial charge in [-0.15, -0.1) is 0 Å². The van der Waals surface area contributed by atoms with Gasteiger partial charge in [-0.3, -0.25) is 4.90 Å². The Morgan fingerprint density at radius 2 is 1.49 bits per heavy atom. The van der Waals surface area contributed by atoms with Gasteiger partial charge in [0.05, 0.1) is 17.1 Å². The highest BCUT2D eigenvalue weighted by Gasteiger charge is 2.37. The first-order valence-corrected chi connectivity index (χ1v) is 15.3. The summed E-state index contributed by atoms with van der Waals surface area (Å²) in [6.07, 6.45) is 1.91. The lowest BCUT2D eigenvalue weighted by atomic mass is 9.73. The predicted molar refractivity (Wildman–Crippen MR) is 185 cm³/mol. The van der Waals surface area contributed by atoms with Crippen LogP contribution in [0.25, 0.3) is 22.2 Å². The Kier molecular flexibility index (Phi) is 6.71. The number of hydrogen-bond donors (Lipinski definition) is 1. The minimum Gasteiger partial charge on any atom is -0.506 e. The lowest BCUT2D eigenvalue weighted by Gasteiger charge is -2.42. The summed E-state index contributed by atoms with van der Waals surface area (Å²) in [5.41, 5.74) is 9.70. The van der Waals surface area contributed by atoms with Crippen LogP contribution < -0.4 is 4.90 Å². The molecular formula is C41H35N3O. The highest BCUT2D eigenvalue weighted by atomic mass is 16.3. The molecule has 1 aliphatic rings. The molecule has 45 heavy (non-hydrogen) atoms. The van der Waals surface area contributed by atoms with E-state index in [9.17, 15) is 5.11 Å². The fourth-order valence-corrected chi connectivity index (χ4v) is 6.26. The van der Waals surface area contributed by atoms with Crippen molar-refractivity contribution in [2.45, 2.75) is 45.4 Å². The summed E-state index contributed by atoms with van der Waals surface area (Å²) in [7, 11) is 0. The van der Waals surface area contributed by atoms with Gasteiger partial charge in [-0.25, -0.2) is 9.97 Å². The number of phenols is 1. The lowest BCUT2D eigenvalue weighted by Crippen LogP contribution is -2.31. The molecule has 7 rings (SSSR count). The SMILES string of the molecule is CC(C)(C)c1ccnc(N2c3ccccc3C(C)(C)c3ccc(-c4ccc5c(C#Cc6ccccc6)ccc(O)c5n4)cc32)c1. The fourth-order valence-electron chi connectivity index (χ4n) is 6.26. The third-order valence-corrected chi connectivity index (χ3v) is 8.82. The second-order valence-corrected chi connectivity index (χ2v) is 13.2. The summed E-state index contributed by atoms with van der Waals surface area (Å²) in [5, 5.41) is 11.7. The number of nitrogens with zero attached hydrogens (tertiary/aromatic N) is 3. The van der Waals surface area contributed by atoms with Crippen molar-refractivity contribution in [1.29, 1.82) is 0 Å². The minimum absolute atomic E-state index is 0.0156. The molecule has 0 spiro atoms. The molecule has 0 unspecified atom stereocenters. The largest absolute Gasteiger partial charge is 0.506 e. The normalized spacial score (nSPS) is 13.5. The zero-order valence-corrected chi connectivity index (χ0v) is 26.3. The summed E-state index contributed by atoms with van der Waals surface area (Å²) >= 11 is 0. The molecule has 0 saturated heterocycles. The Balaban J connectivity index is 1.38. The highest BCUT2D eigenvalue weighted by molar-refractivity contribution is 5.92. The average Bonchev–Trinajstić information content (AvgIpc) is 3.04. The minimum atomic E-state index is -0.218. The molecule has 2 aromatic heterocycles. The molecule has 6 aromatic rings. The zero-order chi connectivity index (χ0) is 31.3. The molecule has 0 radical (unpaired) electrons. The summed E-state index contributed by atoms with van der Waals surface area (Å²) < 4.78 is 0. The van der Waals surface area contributed by atoms with Crippen LogP contribution in [0, 0.1) is 11.8 Å². The molecule has 0 bridgehead atoms. The van der Waals surface area contributed by atoms with Gasteiger partial charge in [-0.05, 0) is 82.8 Å². The Hall–Kier alpha value is -5.40. The number of para-hydroxylation sites is 1. The molecule has 4 heteroatoms. The number of anilines is 3. The van der Waals surface area contributed by atoms with Crippen LogP contribution in [0.3, 0.4) is 0 Å². The Bertz CT molecular complexity index is 2150. The summed E-state index contributed by atoms with van der Waals surface area (Å²) in [5.74, 6) is 7.52. The smallest absolute Gasteiger partial charge is 0.141 e. The van der Waals surface area contributed by atoms with Crippen LogP contribution in [0.15, 0.2) is 115 Å². The molecule has 0 fully saturated rings. The van der Waals surface area contributed by atoms with E-state index in [1.165, 1.54) is 16.7 Å². The molecule has 4 nitrogen and oxygen atoms in total. The maximum Gasteiger partial charge on any atom is 0.141 e. The van der Waals surface area contributed by atoms with Crippen LogP contribution in [0.1, 0.15) is 62.4 Å². The second kappa shape index (κ2) is 10.6. The summed E-state index contributed by atoms with van der Waals surface area (Å²) in [6, 6.07) is 36.9. The van der Waals surface area contributed by atoms with Gasteiger partial charge in [-0.1, -0.05) is 95.0 Å². The van der Waals surface area contributed by atoms with Crippen LogP contribution in [0.4, 0.5) is 17.2 Å². The number of pyridine rings is 2. The van der Waals surface area contributed by atoms with Gasteiger partial charge in [0, 0.05) is 33.7 Å². The summed E-state index contributed by atoms with van der Waals surface area (Å²) in [6.45, 7) is 11.2. The van der Waals surface area contributed by atoms with Crippen LogP contribution in [-0.2, 0) is 10.8 Å². The molecule has 0 saturated carbocycles. The maximum absolute atomic E-state index is 10.9. The van der Waals surface area contributed by atoms with Gasteiger partial charge >= 0.3 is 0 Å². The van der Waals surface area contributed by atoms with Crippen molar-refractivity contribution in [3.8, 4) is 28.8 Å². The molecular weight excluding hydrogens is 550 g/mol. The van der Waals surface area contributed by atoms with Gasteiger partial charge in [0.25, 0.3) is 0 Å². The third-order valence-electron chi connectivity index (χ3n) is 8.82. The molecule has 0 atom stereocenters. The van der Waals surface area contributed by atoms with Gasteiger partial charge in [0.1, 0.15) is 17.1 Å². The number of aromatic hydroxyl groups is 1. The van der Waals surface area contributed by atoms with Crippen molar-refractivity contribution in [2.75, 3.05) is 4.90 Å². The number of aromatic nitrogens is 2. The molecule has 3 heterocycles. The van der Waals surface area contributed by atoms with Crippen molar-refractivity contribution in [1.82, 2.24) is 9.97 Å². The third kappa shape index (κ3) is 5.01. The molecule has 0 aliphatic carbocycles. The number of hydrogen-bond acceptors (Lipinski definition) is 4. The van der Waals surface area contributed by atoms with E-state index in [0.29, 0.717) is 5.52 Å². The lowest BCUT2D eigenvalue weighted by molar-refractivity contribution is 0.480. The van der Waals surface area contributed by atoms with Crippen molar-refractivity contribution in [2.24, 2.45) is 0 Å². The maximum atomic E-state index is 10.9. The number of phenolic OH excluding ortho intramolecular Hbond substituents is 1. The topological polar surface area (TPSA) is 49.2 Å². The first-order chi connectivity index (χ1) is 21.6. The van der Waals surface area contributed by atoms with Crippen LogP contribution in [0.2, 0.25) is 0 Å². The molecule has 1 N–H and O–H groups in total. The fraction of sp³-hybridized carbons (Fsp3) is 0.171. The zero-order valence-electron chi connectivity index (χ0n) is 26.3. The van der Waals surface area contributed by atoms with E-state index >= 15 is 0 Å². The second-order valence-electron chi connectivity index (χ2n) is 13.2. The van der Waals surface area contributed by atoms with Gasteiger partial charge in [-0.2, -0.15) is 0 Å². The first kappa shape index (κ1) is 28.4. The van der Waals surface area contributed by atoms with E-state index in [1.807, 2.05) is 54.7 Å². The van der Waals surface area contributed by atoms with Crippen molar-refractivity contribution in [3.05, 3.63) is 143 Å². The monoisotopic (exact) mass is 585 g/mol. The Labute approximate surface area is 265 Å². The van der Waals surface area contributed by atoms with Gasteiger partial charge in [0.15, 0.2) is 0 Å². The van der Waals surface area contributed by atoms with E-state index in [4.69, 9.17) is 9.97 Å². The van der Waals surface area contributed by atoms with E-state index in [0.717, 1.165) is 45.0 Å². The van der Waals surface area contributed by atoms with Gasteiger partial charge < -0.3 is 5.11 Å². The van der Waals surface area contributed by atoms with E-state index < -0.39 is 0 Å². The van der Waals surface area contributed by atoms with Crippen molar-refractivity contribution in [3.63, 3.8) is 0 Å². The predicted octanol–water partition coefficient (Wildman–Crippen LogP) is 9.81. The summed E-state index contributed by atoms with van der Waals surface area (Å²) in [4.78, 5) is 12.2. The highest BCUT2D eigenvalue weighted by Crippen LogP contribution is 2.52. The average molecular weight is 586 g/mol. The molecule has 1 aliphatic heterocycles. The molecule has 0 amide bonds. The van der Waals surface area contributed by atoms with Crippen molar-refractivity contribution < 1.29 is 5.11 Å². The Morgan fingerprint density at radius 3 is 2.29 bits per heavy atom.